The summed E-state index contributed by atoms with van der Waals surface area (Å²) in [7, 11) is 4.05. The number of nitrogens with zero attached hydrogens (tertiary/aromatic N) is 1. The van der Waals surface area contributed by atoms with Crippen LogP contribution in [-0.4, -0.2) is 14.1 Å². The summed E-state index contributed by atoms with van der Waals surface area (Å²) in [6.45, 7) is 5.23. The predicted octanol–water partition coefficient (Wildman–Crippen LogP) is 2.75. The van der Waals surface area contributed by atoms with Gasteiger partial charge in [0.2, 0.25) is 0 Å². The van der Waals surface area contributed by atoms with Gasteiger partial charge in [0.05, 0.1) is 0 Å². The molecule has 0 N–H and O–H groups in total. The summed E-state index contributed by atoms with van der Waals surface area (Å²) in [5.41, 5.74) is 2.36. The lowest BCUT2D eigenvalue weighted by atomic mass is 10.2. The van der Waals surface area contributed by atoms with Crippen LogP contribution in [0, 0.1) is 6.58 Å². The quantitative estimate of drug-likeness (QED) is 0.634. The standard InChI is InChI=1S/C12H14N/c1-4-5-6-11-7-9-12(10-8-11)13(2)3/h1,4-10H,2-3H3. The first-order valence-electron chi connectivity index (χ1n) is 4.23. The van der Waals surface area contributed by atoms with Crippen molar-refractivity contribution in [3.05, 3.63) is 48.6 Å². The zero-order chi connectivity index (χ0) is 9.68. The molecule has 1 nitrogen and oxygen atoms in total. The smallest absolute Gasteiger partial charge is 0.0361 e. The van der Waals surface area contributed by atoms with Crippen LogP contribution < -0.4 is 4.90 Å². The highest BCUT2D eigenvalue weighted by Crippen LogP contribution is 2.12. The summed E-state index contributed by atoms with van der Waals surface area (Å²) in [6, 6.07) is 8.29. The van der Waals surface area contributed by atoms with Crippen LogP contribution in [0.4, 0.5) is 5.69 Å². The molecule has 1 rings (SSSR count). The number of benzene rings is 1. The lowest BCUT2D eigenvalue weighted by Gasteiger charge is -2.11. The van der Waals surface area contributed by atoms with Gasteiger partial charge in [0.25, 0.3) is 0 Å². The van der Waals surface area contributed by atoms with Gasteiger partial charge in [-0.2, -0.15) is 0 Å². The van der Waals surface area contributed by atoms with Crippen molar-refractivity contribution in [1.29, 1.82) is 0 Å². The minimum absolute atomic E-state index is 1.16. The lowest BCUT2D eigenvalue weighted by molar-refractivity contribution is 1.13. The topological polar surface area (TPSA) is 3.24 Å². The zero-order valence-corrected chi connectivity index (χ0v) is 8.07. The molecule has 0 atom stereocenters. The zero-order valence-electron chi connectivity index (χ0n) is 8.07. The highest BCUT2D eigenvalue weighted by molar-refractivity contribution is 5.56. The number of hydrogen-bond donors (Lipinski definition) is 0. The average Bonchev–Trinajstić information content (AvgIpc) is 2.15. The molecule has 0 heterocycles. The number of hydrogen-bond acceptors (Lipinski definition) is 1. The number of anilines is 1. The fourth-order valence-electron chi connectivity index (χ4n) is 1.05. The van der Waals surface area contributed by atoms with Crippen molar-refractivity contribution in [1.82, 2.24) is 0 Å². The van der Waals surface area contributed by atoms with Gasteiger partial charge < -0.3 is 4.90 Å². The summed E-state index contributed by atoms with van der Waals surface area (Å²) in [5, 5.41) is 0. The Morgan fingerprint density at radius 1 is 1.15 bits per heavy atom. The molecule has 0 aromatic heterocycles. The largest absolute Gasteiger partial charge is 0.378 e. The second kappa shape index (κ2) is 4.51. The van der Waals surface area contributed by atoms with Crippen LogP contribution in [0.5, 0.6) is 0 Å². The van der Waals surface area contributed by atoms with E-state index in [0.717, 1.165) is 5.56 Å². The Hall–Kier alpha value is -1.50. The van der Waals surface area contributed by atoms with Gasteiger partial charge in [-0.15, -0.1) is 0 Å². The van der Waals surface area contributed by atoms with Crippen molar-refractivity contribution in [2.24, 2.45) is 0 Å². The van der Waals surface area contributed by atoms with Crippen molar-refractivity contribution in [2.45, 2.75) is 0 Å². The van der Waals surface area contributed by atoms with Crippen LogP contribution in [-0.2, 0) is 0 Å². The van der Waals surface area contributed by atoms with E-state index in [9.17, 15) is 0 Å². The maximum Gasteiger partial charge on any atom is 0.0361 e. The molecule has 0 spiro atoms. The van der Waals surface area contributed by atoms with Crippen LogP contribution in [0.3, 0.4) is 0 Å². The van der Waals surface area contributed by atoms with Crippen molar-refractivity contribution < 1.29 is 0 Å². The fourth-order valence-corrected chi connectivity index (χ4v) is 1.05. The Bertz CT molecular complexity index is 293. The van der Waals surface area contributed by atoms with Crippen molar-refractivity contribution in [3.8, 4) is 0 Å². The molecule has 0 amide bonds. The maximum absolute atomic E-state index is 5.23. The molecular weight excluding hydrogens is 158 g/mol. The predicted molar refractivity (Wildman–Crippen MR) is 58.7 cm³/mol. The van der Waals surface area contributed by atoms with E-state index in [-0.39, 0.29) is 0 Å². The molecule has 0 unspecified atom stereocenters. The second-order valence-corrected chi connectivity index (χ2v) is 3.04. The molecule has 0 aliphatic heterocycles. The molecule has 1 aromatic rings. The van der Waals surface area contributed by atoms with Crippen LogP contribution in [0.15, 0.2) is 36.4 Å². The van der Waals surface area contributed by atoms with E-state index in [0.29, 0.717) is 0 Å². The summed E-state index contributed by atoms with van der Waals surface area (Å²) < 4.78 is 0. The van der Waals surface area contributed by atoms with Gasteiger partial charge in [-0.05, 0) is 17.7 Å². The minimum atomic E-state index is 1.16. The van der Waals surface area contributed by atoms with Crippen LogP contribution in [0.1, 0.15) is 5.56 Å². The van der Waals surface area contributed by atoms with Crippen LogP contribution >= 0.6 is 0 Å². The molecule has 0 aliphatic rings. The summed E-state index contributed by atoms with van der Waals surface area (Å²) in [5.74, 6) is 0. The van der Waals surface area contributed by atoms with Gasteiger partial charge >= 0.3 is 0 Å². The number of rotatable bonds is 3. The third kappa shape index (κ3) is 2.79. The van der Waals surface area contributed by atoms with Crippen LogP contribution in [0.2, 0.25) is 0 Å². The molecule has 0 bridgehead atoms. The molecule has 0 saturated carbocycles. The molecule has 67 valence electrons. The van der Waals surface area contributed by atoms with E-state index >= 15 is 0 Å². The first-order valence-corrected chi connectivity index (χ1v) is 4.23. The fraction of sp³-hybridized carbons (Fsp3) is 0.167. The third-order valence-corrected chi connectivity index (χ3v) is 1.81. The minimum Gasteiger partial charge on any atom is -0.378 e. The normalized spacial score (nSPS) is 10.3. The summed E-state index contributed by atoms with van der Waals surface area (Å²) in [4.78, 5) is 2.07. The molecule has 0 saturated heterocycles. The highest BCUT2D eigenvalue weighted by atomic mass is 15.1. The summed E-state index contributed by atoms with van der Waals surface area (Å²) >= 11 is 0. The molecular formula is C12H14N. The Labute approximate surface area is 80.0 Å². The van der Waals surface area contributed by atoms with Crippen LogP contribution in [0.25, 0.3) is 6.08 Å². The second-order valence-electron chi connectivity index (χ2n) is 3.04. The Morgan fingerprint density at radius 2 is 1.77 bits per heavy atom. The van der Waals surface area contributed by atoms with Crippen molar-refractivity contribution in [2.75, 3.05) is 19.0 Å². The SMILES string of the molecule is [CH]=CC=Cc1ccc(N(C)C)cc1. The van der Waals surface area contributed by atoms with Gasteiger partial charge in [-0.25, -0.2) is 0 Å². The highest BCUT2D eigenvalue weighted by Gasteiger charge is 1.92. The van der Waals surface area contributed by atoms with E-state index in [4.69, 9.17) is 6.58 Å². The molecule has 1 heteroatoms. The third-order valence-electron chi connectivity index (χ3n) is 1.81. The average molecular weight is 172 g/mol. The van der Waals surface area contributed by atoms with Gasteiger partial charge in [0.15, 0.2) is 0 Å². The Kier molecular flexibility index (Phi) is 3.32. The maximum atomic E-state index is 5.23. The van der Waals surface area contributed by atoms with E-state index < -0.39 is 0 Å². The first kappa shape index (κ1) is 9.59. The molecule has 13 heavy (non-hydrogen) atoms. The van der Waals surface area contributed by atoms with Gasteiger partial charge in [-0.3, -0.25) is 0 Å². The van der Waals surface area contributed by atoms with Gasteiger partial charge in [0.1, 0.15) is 0 Å². The number of allylic oxidation sites excluding steroid dienone is 2. The Balaban J connectivity index is 2.81. The van der Waals surface area contributed by atoms with Crippen molar-refractivity contribution >= 4 is 11.8 Å². The van der Waals surface area contributed by atoms with Crippen molar-refractivity contribution in [3.63, 3.8) is 0 Å². The lowest BCUT2D eigenvalue weighted by Crippen LogP contribution is -2.07. The first-order chi connectivity index (χ1) is 6.24. The summed E-state index contributed by atoms with van der Waals surface area (Å²) in [6.07, 6.45) is 5.32. The molecule has 0 aliphatic carbocycles. The molecule has 0 fully saturated rings. The van der Waals surface area contributed by atoms with E-state index in [1.165, 1.54) is 11.8 Å². The van der Waals surface area contributed by atoms with Gasteiger partial charge in [0, 0.05) is 19.8 Å². The monoisotopic (exact) mass is 172 g/mol. The Morgan fingerprint density at radius 3 is 2.23 bits per heavy atom. The van der Waals surface area contributed by atoms with Gasteiger partial charge in [-0.1, -0.05) is 36.9 Å². The van der Waals surface area contributed by atoms with E-state index in [1.54, 1.807) is 0 Å². The van der Waals surface area contributed by atoms with E-state index in [1.807, 2.05) is 26.2 Å². The molecule has 1 radical (unpaired) electrons. The molecule has 1 aromatic carbocycles. The van der Waals surface area contributed by atoms with E-state index in [2.05, 4.69) is 29.2 Å².